The minimum absolute atomic E-state index is 0.701. The molecule has 100 valence electrons. The number of hydrogen-bond acceptors (Lipinski definition) is 3. The predicted octanol–water partition coefficient (Wildman–Crippen LogP) is 3.41. The molecule has 2 aromatic rings. The van der Waals surface area contributed by atoms with Gasteiger partial charge >= 0.3 is 0 Å². The van der Waals surface area contributed by atoms with Crippen molar-refractivity contribution in [1.82, 2.24) is 9.97 Å². The molecule has 0 atom stereocenters. The molecule has 2 rings (SSSR count). The summed E-state index contributed by atoms with van der Waals surface area (Å²) in [6, 6.07) is 8.06. The van der Waals surface area contributed by atoms with E-state index in [0.717, 1.165) is 40.1 Å². The fraction of sp³-hybridized carbons (Fsp3) is 0.333. The van der Waals surface area contributed by atoms with Crippen LogP contribution in [0.4, 0.5) is 0 Å². The second-order valence-electron chi connectivity index (χ2n) is 4.60. The van der Waals surface area contributed by atoms with E-state index >= 15 is 0 Å². The number of rotatable bonds is 4. The molecule has 0 fully saturated rings. The summed E-state index contributed by atoms with van der Waals surface area (Å²) < 4.78 is 1.04. The molecule has 0 spiro atoms. The van der Waals surface area contributed by atoms with E-state index < -0.39 is 0 Å². The molecule has 0 saturated heterocycles. The van der Waals surface area contributed by atoms with Gasteiger partial charge in [-0.1, -0.05) is 28.1 Å². The van der Waals surface area contributed by atoms with Crippen molar-refractivity contribution in [1.29, 1.82) is 0 Å². The molecule has 0 aliphatic carbocycles. The van der Waals surface area contributed by atoms with Crippen LogP contribution in [0.3, 0.4) is 0 Å². The van der Waals surface area contributed by atoms with Gasteiger partial charge in [-0.3, -0.25) is 0 Å². The van der Waals surface area contributed by atoms with Crippen LogP contribution in [0.5, 0.6) is 0 Å². The van der Waals surface area contributed by atoms with Crippen molar-refractivity contribution in [2.24, 2.45) is 5.73 Å². The molecule has 0 bridgehead atoms. The fourth-order valence-electron chi connectivity index (χ4n) is 2.14. The standard InChI is InChI=1S/C15H18BrN3/c1-10-14(7-4-8-17)11(2)19-15(18-10)12-5-3-6-13(16)9-12/h3,5-6,9H,4,7-8,17H2,1-2H3. The Balaban J connectivity index is 2.39. The number of aromatic nitrogens is 2. The quantitative estimate of drug-likeness (QED) is 0.939. The summed E-state index contributed by atoms with van der Waals surface area (Å²) in [6.45, 7) is 4.79. The maximum absolute atomic E-state index is 5.57. The molecule has 0 aliphatic rings. The van der Waals surface area contributed by atoms with Gasteiger partial charge in [-0.15, -0.1) is 0 Å². The summed E-state index contributed by atoms with van der Waals surface area (Å²) in [5.41, 5.74) is 9.93. The van der Waals surface area contributed by atoms with E-state index in [-0.39, 0.29) is 0 Å². The highest BCUT2D eigenvalue weighted by Crippen LogP contribution is 2.22. The van der Waals surface area contributed by atoms with Gasteiger partial charge in [-0.05, 0) is 50.9 Å². The van der Waals surface area contributed by atoms with Gasteiger partial charge in [0.15, 0.2) is 5.82 Å². The number of nitrogens with two attached hydrogens (primary N) is 1. The first-order valence-corrected chi connectivity index (χ1v) is 7.21. The molecule has 0 amide bonds. The van der Waals surface area contributed by atoms with Crippen LogP contribution in [0.15, 0.2) is 28.7 Å². The molecule has 0 saturated carbocycles. The largest absolute Gasteiger partial charge is 0.330 e. The lowest BCUT2D eigenvalue weighted by molar-refractivity contribution is 0.806. The Hall–Kier alpha value is -1.26. The third-order valence-corrected chi connectivity index (χ3v) is 3.63. The van der Waals surface area contributed by atoms with E-state index in [9.17, 15) is 0 Å². The first-order chi connectivity index (χ1) is 9.11. The van der Waals surface area contributed by atoms with Crippen LogP contribution in [0, 0.1) is 13.8 Å². The highest BCUT2D eigenvalue weighted by atomic mass is 79.9. The molecular formula is C15H18BrN3. The van der Waals surface area contributed by atoms with Gasteiger partial charge in [0.25, 0.3) is 0 Å². The van der Waals surface area contributed by atoms with Gasteiger partial charge in [0, 0.05) is 21.4 Å². The van der Waals surface area contributed by atoms with Gasteiger partial charge in [0.1, 0.15) is 0 Å². The number of halogens is 1. The Labute approximate surface area is 122 Å². The molecule has 0 unspecified atom stereocenters. The van der Waals surface area contributed by atoms with Crippen molar-refractivity contribution >= 4 is 15.9 Å². The van der Waals surface area contributed by atoms with Crippen LogP contribution in [0.25, 0.3) is 11.4 Å². The molecule has 0 aliphatic heterocycles. The average Bonchev–Trinajstić information content (AvgIpc) is 2.37. The van der Waals surface area contributed by atoms with Crippen LogP contribution in [-0.4, -0.2) is 16.5 Å². The summed E-state index contributed by atoms with van der Waals surface area (Å²) in [7, 11) is 0. The lowest BCUT2D eigenvalue weighted by Crippen LogP contribution is -2.06. The van der Waals surface area contributed by atoms with Crippen molar-refractivity contribution in [3.63, 3.8) is 0 Å². The van der Waals surface area contributed by atoms with Crippen LogP contribution in [0.1, 0.15) is 23.4 Å². The van der Waals surface area contributed by atoms with Crippen molar-refractivity contribution in [2.75, 3.05) is 6.54 Å². The Morgan fingerprint density at radius 1 is 1.16 bits per heavy atom. The van der Waals surface area contributed by atoms with Gasteiger partial charge in [-0.2, -0.15) is 0 Å². The van der Waals surface area contributed by atoms with E-state index in [1.807, 2.05) is 38.1 Å². The lowest BCUT2D eigenvalue weighted by Gasteiger charge is -2.10. The van der Waals surface area contributed by atoms with Crippen molar-refractivity contribution in [3.8, 4) is 11.4 Å². The van der Waals surface area contributed by atoms with Crippen molar-refractivity contribution < 1.29 is 0 Å². The van der Waals surface area contributed by atoms with E-state index in [0.29, 0.717) is 6.54 Å². The second kappa shape index (κ2) is 6.26. The van der Waals surface area contributed by atoms with Crippen LogP contribution < -0.4 is 5.73 Å². The van der Waals surface area contributed by atoms with Crippen LogP contribution >= 0.6 is 15.9 Å². The monoisotopic (exact) mass is 319 g/mol. The molecule has 1 aromatic heterocycles. The molecule has 0 radical (unpaired) electrons. The number of benzene rings is 1. The van der Waals surface area contributed by atoms with Crippen molar-refractivity contribution in [3.05, 3.63) is 45.7 Å². The molecule has 1 heterocycles. The maximum atomic E-state index is 5.57. The van der Waals surface area contributed by atoms with Gasteiger partial charge in [-0.25, -0.2) is 9.97 Å². The van der Waals surface area contributed by atoms with Crippen LogP contribution in [-0.2, 0) is 6.42 Å². The highest BCUT2D eigenvalue weighted by molar-refractivity contribution is 9.10. The summed E-state index contributed by atoms with van der Waals surface area (Å²) in [5.74, 6) is 0.785. The SMILES string of the molecule is Cc1nc(-c2cccc(Br)c2)nc(C)c1CCCN. The van der Waals surface area contributed by atoms with E-state index in [1.165, 1.54) is 5.56 Å². The normalized spacial score (nSPS) is 10.7. The molecule has 4 heteroatoms. The highest BCUT2D eigenvalue weighted by Gasteiger charge is 2.09. The van der Waals surface area contributed by atoms with E-state index in [4.69, 9.17) is 5.73 Å². The molecule has 2 N–H and O–H groups in total. The summed E-state index contributed by atoms with van der Waals surface area (Å²) in [5, 5.41) is 0. The summed E-state index contributed by atoms with van der Waals surface area (Å²) in [4.78, 5) is 9.25. The topological polar surface area (TPSA) is 51.8 Å². The number of aryl methyl sites for hydroxylation is 2. The smallest absolute Gasteiger partial charge is 0.159 e. The van der Waals surface area contributed by atoms with E-state index in [1.54, 1.807) is 0 Å². The third kappa shape index (κ3) is 3.39. The Morgan fingerprint density at radius 2 is 1.84 bits per heavy atom. The fourth-order valence-corrected chi connectivity index (χ4v) is 2.54. The minimum atomic E-state index is 0.701. The Morgan fingerprint density at radius 3 is 2.42 bits per heavy atom. The maximum Gasteiger partial charge on any atom is 0.159 e. The van der Waals surface area contributed by atoms with Gasteiger partial charge in [0.05, 0.1) is 0 Å². The minimum Gasteiger partial charge on any atom is -0.330 e. The number of hydrogen-bond donors (Lipinski definition) is 1. The van der Waals surface area contributed by atoms with E-state index in [2.05, 4.69) is 25.9 Å². The second-order valence-corrected chi connectivity index (χ2v) is 5.51. The molecule has 3 nitrogen and oxygen atoms in total. The zero-order chi connectivity index (χ0) is 13.8. The third-order valence-electron chi connectivity index (χ3n) is 3.13. The van der Waals surface area contributed by atoms with Crippen LogP contribution in [0.2, 0.25) is 0 Å². The molecule has 1 aromatic carbocycles. The van der Waals surface area contributed by atoms with Gasteiger partial charge in [0.2, 0.25) is 0 Å². The molecule has 19 heavy (non-hydrogen) atoms. The predicted molar refractivity (Wildman–Crippen MR) is 82.0 cm³/mol. The molecular weight excluding hydrogens is 302 g/mol. The zero-order valence-corrected chi connectivity index (χ0v) is 12.9. The van der Waals surface area contributed by atoms with Gasteiger partial charge < -0.3 is 5.73 Å². The number of nitrogens with zero attached hydrogens (tertiary/aromatic N) is 2. The zero-order valence-electron chi connectivity index (χ0n) is 11.3. The Kier molecular flexibility index (Phi) is 4.66. The lowest BCUT2D eigenvalue weighted by atomic mass is 10.1. The summed E-state index contributed by atoms with van der Waals surface area (Å²) >= 11 is 3.48. The summed E-state index contributed by atoms with van der Waals surface area (Å²) in [6.07, 6.45) is 1.92. The average molecular weight is 320 g/mol. The first kappa shape index (κ1) is 14.2. The first-order valence-electron chi connectivity index (χ1n) is 6.42. The Bertz CT molecular complexity index is 558. The van der Waals surface area contributed by atoms with Crippen molar-refractivity contribution in [2.45, 2.75) is 26.7 Å².